The smallest absolute Gasteiger partial charge is 0.0960 e. The topological polar surface area (TPSA) is 43.8 Å². The highest BCUT2D eigenvalue weighted by Crippen LogP contribution is 2.37. The van der Waals surface area contributed by atoms with Gasteiger partial charge in [-0.05, 0) is 30.5 Å². The Morgan fingerprint density at radius 1 is 1.43 bits per heavy atom. The number of hydrogen-bond acceptors (Lipinski definition) is 2. The molecule has 2 aromatic rings. The molecule has 1 heterocycles. The molecule has 1 fully saturated rings. The molecular weight excluding hydrogens is 174 g/mol. The average molecular weight is 187 g/mol. The Morgan fingerprint density at radius 2 is 2.29 bits per heavy atom. The zero-order chi connectivity index (χ0) is 9.54. The maximum Gasteiger partial charge on any atom is 0.0960 e. The lowest BCUT2D eigenvalue weighted by Gasteiger charge is -2.02. The van der Waals surface area contributed by atoms with E-state index in [0.717, 1.165) is 5.52 Å². The van der Waals surface area contributed by atoms with Gasteiger partial charge in [0.25, 0.3) is 0 Å². The number of aromatic nitrogens is 2. The van der Waals surface area contributed by atoms with Crippen LogP contribution in [0.25, 0.3) is 11.0 Å². The Morgan fingerprint density at radius 3 is 3.00 bits per heavy atom. The second-order valence-electron chi connectivity index (χ2n) is 3.91. The summed E-state index contributed by atoms with van der Waals surface area (Å²) in [6.07, 6.45) is 4.53. The lowest BCUT2D eigenvalue weighted by Crippen LogP contribution is -1.97. The van der Waals surface area contributed by atoms with Gasteiger partial charge < -0.3 is 10.3 Å². The van der Waals surface area contributed by atoms with Crippen molar-refractivity contribution in [1.82, 2.24) is 9.55 Å². The summed E-state index contributed by atoms with van der Waals surface area (Å²) in [5.41, 5.74) is 9.11. The number of fused-ring (bicyclic) bond motifs is 1. The second kappa shape index (κ2) is 2.82. The number of hydrogen-bond donors (Lipinski definition) is 1. The predicted molar refractivity (Wildman–Crippen MR) is 55.9 cm³/mol. The van der Waals surface area contributed by atoms with Crippen molar-refractivity contribution in [2.24, 2.45) is 5.73 Å². The summed E-state index contributed by atoms with van der Waals surface area (Å²) in [5, 5.41) is 0. The van der Waals surface area contributed by atoms with E-state index >= 15 is 0 Å². The van der Waals surface area contributed by atoms with Crippen molar-refractivity contribution in [3.05, 3.63) is 30.1 Å². The summed E-state index contributed by atoms with van der Waals surface area (Å²) < 4.78 is 2.27. The molecule has 0 atom stereocenters. The van der Waals surface area contributed by atoms with Crippen molar-refractivity contribution in [3.8, 4) is 0 Å². The van der Waals surface area contributed by atoms with Crippen molar-refractivity contribution in [3.63, 3.8) is 0 Å². The van der Waals surface area contributed by atoms with Crippen LogP contribution in [0.4, 0.5) is 0 Å². The van der Waals surface area contributed by atoms with Gasteiger partial charge in [-0.1, -0.05) is 6.07 Å². The zero-order valence-corrected chi connectivity index (χ0v) is 7.98. The van der Waals surface area contributed by atoms with Gasteiger partial charge in [-0.2, -0.15) is 0 Å². The van der Waals surface area contributed by atoms with Crippen LogP contribution in [-0.2, 0) is 6.54 Å². The van der Waals surface area contributed by atoms with Crippen molar-refractivity contribution in [1.29, 1.82) is 0 Å². The first-order valence-electron chi connectivity index (χ1n) is 5.04. The molecule has 0 aliphatic heterocycles. The molecule has 0 amide bonds. The van der Waals surface area contributed by atoms with E-state index in [4.69, 9.17) is 5.73 Å². The lowest BCUT2D eigenvalue weighted by molar-refractivity contribution is 0.765. The summed E-state index contributed by atoms with van der Waals surface area (Å²) in [7, 11) is 0. The molecule has 1 aromatic heterocycles. The molecule has 3 nitrogen and oxygen atoms in total. The van der Waals surface area contributed by atoms with Crippen molar-refractivity contribution >= 4 is 11.0 Å². The Hall–Kier alpha value is -1.35. The molecule has 72 valence electrons. The highest BCUT2D eigenvalue weighted by molar-refractivity contribution is 5.76. The Balaban J connectivity index is 2.20. The molecule has 0 radical (unpaired) electrons. The molecule has 0 saturated heterocycles. The maximum absolute atomic E-state index is 5.62. The van der Waals surface area contributed by atoms with E-state index in [1.165, 1.54) is 23.9 Å². The first-order valence-corrected chi connectivity index (χ1v) is 5.04. The van der Waals surface area contributed by atoms with Gasteiger partial charge in [-0.25, -0.2) is 4.98 Å². The minimum absolute atomic E-state index is 0.603. The zero-order valence-electron chi connectivity index (χ0n) is 7.98. The molecule has 14 heavy (non-hydrogen) atoms. The molecule has 0 unspecified atom stereocenters. The van der Waals surface area contributed by atoms with E-state index in [9.17, 15) is 0 Å². The van der Waals surface area contributed by atoms with Gasteiger partial charge in [0.1, 0.15) is 0 Å². The molecule has 1 aliphatic carbocycles. The Labute approximate surface area is 82.5 Å². The molecule has 1 aliphatic rings. The predicted octanol–water partition coefficient (Wildman–Crippen LogP) is 1.83. The summed E-state index contributed by atoms with van der Waals surface area (Å²) in [6.45, 7) is 0.603. The summed E-state index contributed by atoms with van der Waals surface area (Å²) in [5.74, 6) is 0. The van der Waals surface area contributed by atoms with E-state index in [2.05, 4.69) is 21.7 Å². The fraction of sp³-hybridized carbons (Fsp3) is 0.364. The van der Waals surface area contributed by atoms with Gasteiger partial charge in [0.15, 0.2) is 0 Å². The molecular formula is C11H13N3. The maximum atomic E-state index is 5.62. The van der Waals surface area contributed by atoms with Gasteiger partial charge in [-0.3, -0.25) is 0 Å². The second-order valence-corrected chi connectivity index (χ2v) is 3.91. The quantitative estimate of drug-likeness (QED) is 0.779. The van der Waals surface area contributed by atoms with Crippen molar-refractivity contribution in [2.45, 2.75) is 25.4 Å². The minimum atomic E-state index is 0.603. The molecule has 3 heteroatoms. The lowest BCUT2D eigenvalue weighted by atomic mass is 10.2. The number of nitrogens with two attached hydrogens (primary N) is 1. The van der Waals surface area contributed by atoms with E-state index in [1.807, 2.05) is 12.4 Å². The first kappa shape index (κ1) is 8.00. The van der Waals surface area contributed by atoms with Gasteiger partial charge in [0.2, 0.25) is 0 Å². The first-order chi connectivity index (χ1) is 6.88. The van der Waals surface area contributed by atoms with Crippen LogP contribution in [-0.4, -0.2) is 9.55 Å². The number of benzene rings is 1. The van der Waals surface area contributed by atoms with Crippen LogP contribution in [0.3, 0.4) is 0 Å². The van der Waals surface area contributed by atoms with Gasteiger partial charge in [0, 0.05) is 12.6 Å². The molecule has 0 bridgehead atoms. The van der Waals surface area contributed by atoms with Crippen LogP contribution in [0.2, 0.25) is 0 Å². The van der Waals surface area contributed by atoms with E-state index < -0.39 is 0 Å². The SMILES string of the molecule is NCc1ccc2ncn(C3CC3)c2c1. The number of imidazole rings is 1. The third-order valence-corrected chi connectivity index (χ3v) is 2.82. The van der Waals surface area contributed by atoms with Crippen LogP contribution in [0.1, 0.15) is 24.4 Å². The largest absolute Gasteiger partial charge is 0.327 e. The van der Waals surface area contributed by atoms with Crippen LogP contribution >= 0.6 is 0 Å². The van der Waals surface area contributed by atoms with Crippen LogP contribution in [0, 0.1) is 0 Å². The fourth-order valence-electron chi connectivity index (χ4n) is 1.84. The average Bonchev–Trinajstić information content (AvgIpc) is 2.98. The van der Waals surface area contributed by atoms with Gasteiger partial charge in [-0.15, -0.1) is 0 Å². The van der Waals surface area contributed by atoms with Crippen LogP contribution < -0.4 is 5.73 Å². The van der Waals surface area contributed by atoms with E-state index in [-0.39, 0.29) is 0 Å². The molecule has 0 spiro atoms. The van der Waals surface area contributed by atoms with E-state index in [1.54, 1.807) is 0 Å². The Bertz CT molecular complexity index is 468. The minimum Gasteiger partial charge on any atom is -0.327 e. The molecule has 1 saturated carbocycles. The summed E-state index contributed by atoms with van der Waals surface area (Å²) in [6, 6.07) is 6.94. The standard InChI is InChI=1S/C11H13N3/c12-6-8-1-4-10-11(5-8)14(7-13-10)9-2-3-9/h1,4-5,7,9H,2-3,6,12H2. The highest BCUT2D eigenvalue weighted by atomic mass is 15.1. The molecule has 1 aromatic carbocycles. The molecule has 2 N–H and O–H groups in total. The number of nitrogens with zero attached hydrogens (tertiary/aromatic N) is 2. The van der Waals surface area contributed by atoms with E-state index in [0.29, 0.717) is 12.6 Å². The summed E-state index contributed by atoms with van der Waals surface area (Å²) in [4.78, 5) is 4.38. The van der Waals surface area contributed by atoms with Gasteiger partial charge in [0.05, 0.1) is 17.4 Å². The van der Waals surface area contributed by atoms with Crippen molar-refractivity contribution < 1.29 is 0 Å². The Kier molecular flexibility index (Phi) is 1.61. The van der Waals surface area contributed by atoms with Crippen LogP contribution in [0.15, 0.2) is 24.5 Å². The monoisotopic (exact) mass is 187 g/mol. The third-order valence-electron chi connectivity index (χ3n) is 2.82. The highest BCUT2D eigenvalue weighted by Gasteiger charge is 2.24. The van der Waals surface area contributed by atoms with Gasteiger partial charge >= 0.3 is 0 Å². The third kappa shape index (κ3) is 1.13. The molecule has 3 rings (SSSR count). The van der Waals surface area contributed by atoms with Crippen LogP contribution in [0.5, 0.6) is 0 Å². The fourth-order valence-corrected chi connectivity index (χ4v) is 1.84. The normalized spacial score (nSPS) is 16.4. The van der Waals surface area contributed by atoms with Crippen molar-refractivity contribution in [2.75, 3.05) is 0 Å². The number of rotatable bonds is 2. The summed E-state index contributed by atoms with van der Waals surface area (Å²) >= 11 is 0.